The fourth-order valence-corrected chi connectivity index (χ4v) is 5.86. The van der Waals surface area contributed by atoms with E-state index in [2.05, 4.69) is 0 Å². The van der Waals surface area contributed by atoms with Crippen molar-refractivity contribution in [2.45, 2.75) is 72.8 Å². The Hall–Kier alpha value is -0.193. The predicted molar refractivity (Wildman–Crippen MR) is 104 cm³/mol. The average molecular weight is 717 g/mol. The second kappa shape index (κ2) is 11.1. The molecule has 0 unspecified atom stereocenters. The Morgan fingerprint density at radius 3 is 1.23 bits per heavy atom. The highest BCUT2D eigenvalue weighted by atomic mass is 35.8. The SMILES string of the molecule is CCCN(CCC[Si](Cl)(Cl)Cl)S(=O)(=O)C(F)(F)C(F)(F)C(F)(F)C(F)(F)C(F)(F)C(F)(F)C(F)(F)C(F)(F)F. The van der Waals surface area contributed by atoms with Crippen LogP contribution in [0.1, 0.15) is 19.8 Å². The van der Waals surface area contributed by atoms with Crippen LogP contribution in [0, 0.1) is 0 Å². The molecule has 0 spiro atoms. The molecule has 0 radical (unpaired) electrons. The van der Waals surface area contributed by atoms with E-state index in [1.807, 2.05) is 0 Å². The third-order valence-electron chi connectivity index (χ3n) is 4.70. The maximum absolute atomic E-state index is 14.3. The lowest BCUT2D eigenvalue weighted by Crippen LogP contribution is -2.75. The molecular formula is C14H13Cl3F17NO2SSi. The Balaban J connectivity index is 6.89. The first-order chi connectivity index (χ1) is 16.7. The Morgan fingerprint density at radius 2 is 0.923 bits per heavy atom. The zero-order chi connectivity index (χ0) is 32.1. The van der Waals surface area contributed by atoms with Crippen molar-refractivity contribution in [3.8, 4) is 0 Å². The standard InChI is InChI=1S/C14H13Cl3F17NO2SSi/c1-2-4-35(5-3-6-39(15,16)17)38(36,37)14(33,34)12(28,29)10(24,25)8(20,21)7(18,19)9(22,23)11(26,27)13(30,31)32/h2-6H2,1H3. The topological polar surface area (TPSA) is 37.4 Å². The summed E-state index contributed by atoms with van der Waals surface area (Å²) in [7, 11) is -7.35. The fourth-order valence-electron chi connectivity index (χ4n) is 2.53. The van der Waals surface area contributed by atoms with E-state index in [9.17, 15) is 83.1 Å². The van der Waals surface area contributed by atoms with Crippen LogP contribution in [-0.2, 0) is 10.0 Å². The van der Waals surface area contributed by atoms with E-state index < -0.39 is 99.3 Å². The third kappa shape index (κ3) is 6.29. The molecule has 0 heterocycles. The van der Waals surface area contributed by atoms with Gasteiger partial charge in [-0.2, -0.15) is 78.9 Å². The van der Waals surface area contributed by atoms with Crippen LogP contribution in [-0.4, -0.2) is 78.8 Å². The molecule has 0 aromatic rings. The number of hydrogen-bond acceptors (Lipinski definition) is 2. The summed E-state index contributed by atoms with van der Waals surface area (Å²) in [6.45, 7) is -1.67. The summed E-state index contributed by atoms with van der Waals surface area (Å²) in [6.07, 6.45) is -9.25. The average Bonchev–Trinajstić information content (AvgIpc) is 2.70. The summed E-state index contributed by atoms with van der Waals surface area (Å²) in [4.78, 5) is 0. The molecule has 0 rings (SSSR count). The van der Waals surface area contributed by atoms with Crippen LogP contribution in [0.3, 0.4) is 0 Å². The van der Waals surface area contributed by atoms with Gasteiger partial charge in [-0.25, -0.2) is 8.42 Å². The van der Waals surface area contributed by atoms with Crippen LogP contribution in [0.5, 0.6) is 0 Å². The number of hydrogen-bond donors (Lipinski definition) is 0. The molecule has 3 nitrogen and oxygen atoms in total. The van der Waals surface area contributed by atoms with Gasteiger partial charge >= 0.3 is 53.0 Å². The third-order valence-corrected chi connectivity index (χ3v) is 9.27. The molecule has 0 fully saturated rings. The van der Waals surface area contributed by atoms with Gasteiger partial charge in [0, 0.05) is 13.1 Å². The minimum atomic E-state index is -8.88. The molecule has 0 saturated heterocycles. The monoisotopic (exact) mass is 715 g/mol. The van der Waals surface area contributed by atoms with E-state index in [-0.39, 0.29) is 0 Å². The second-order valence-corrected chi connectivity index (χ2v) is 18.8. The van der Waals surface area contributed by atoms with Crippen molar-refractivity contribution in [3.63, 3.8) is 0 Å². The Morgan fingerprint density at radius 1 is 0.590 bits per heavy atom. The van der Waals surface area contributed by atoms with E-state index >= 15 is 0 Å². The van der Waals surface area contributed by atoms with Gasteiger partial charge in [-0.1, -0.05) is 6.92 Å². The van der Waals surface area contributed by atoms with Crippen molar-refractivity contribution < 1.29 is 83.1 Å². The molecule has 0 aliphatic rings. The summed E-state index contributed by atoms with van der Waals surface area (Å²) in [5, 5.41) is -7.60. The number of rotatable bonds is 14. The molecular weight excluding hydrogens is 704 g/mol. The molecule has 0 saturated carbocycles. The van der Waals surface area contributed by atoms with Crippen LogP contribution < -0.4 is 0 Å². The summed E-state index contributed by atoms with van der Waals surface area (Å²) in [5.74, 6) is -51.8. The van der Waals surface area contributed by atoms with Gasteiger partial charge in [0.15, 0.2) is 0 Å². The molecule has 25 heteroatoms. The largest absolute Gasteiger partial charge is 0.460 e. The molecule has 0 N–H and O–H groups in total. The van der Waals surface area contributed by atoms with E-state index in [0.29, 0.717) is 0 Å². The highest BCUT2D eigenvalue weighted by Crippen LogP contribution is 2.64. The highest BCUT2D eigenvalue weighted by Gasteiger charge is 2.96. The van der Waals surface area contributed by atoms with Crippen molar-refractivity contribution in [2.75, 3.05) is 13.1 Å². The van der Waals surface area contributed by atoms with Crippen LogP contribution in [0.2, 0.25) is 6.04 Å². The Bertz CT molecular complexity index is 969. The van der Waals surface area contributed by atoms with Crippen molar-refractivity contribution in [1.82, 2.24) is 4.31 Å². The molecule has 0 amide bonds. The van der Waals surface area contributed by atoms with Gasteiger partial charge in [-0.05, 0) is 18.9 Å². The zero-order valence-corrected chi connectivity index (χ0v) is 22.4. The van der Waals surface area contributed by atoms with Crippen LogP contribution in [0.15, 0.2) is 0 Å². The molecule has 0 aromatic carbocycles. The highest BCUT2D eigenvalue weighted by molar-refractivity contribution is 7.90. The summed E-state index contributed by atoms with van der Waals surface area (Å²) in [6, 6.07) is -4.27. The molecule has 236 valence electrons. The van der Waals surface area contributed by atoms with E-state index in [1.54, 1.807) is 0 Å². The maximum atomic E-state index is 14.3. The molecule has 0 aromatic heterocycles. The molecule has 0 bridgehead atoms. The number of halogens is 20. The number of nitrogens with zero attached hydrogens (tertiary/aromatic N) is 1. The van der Waals surface area contributed by atoms with Crippen LogP contribution in [0.25, 0.3) is 0 Å². The predicted octanol–water partition coefficient (Wildman–Crippen LogP) is 8.04. The molecule has 0 atom stereocenters. The van der Waals surface area contributed by atoms with Crippen molar-refractivity contribution in [1.29, 1.82) is 0 Å². The summed E-state index contributed by atoms with van der Waals surface area (Å²) < 4.78 is 251. The normalized spacial score (nSPS) is 16.3. The lowest BCUT2D eigenvalue weighted by molar-refractivity contribution is -0.458. The molecule has 0 aliphatic heterocycles. The van der Waals surface area contributed by atoms with Gasteiger partial charge in [0.05, 0.1) is 0 Å². The van der Waals surface area contributed by atoms with Crippen LogP contribution >= 0.6 is 33.2 Å². The minimum absolute atomic E-state index is 0.588. The smallest absolute Gasteiger partial charge is 0.206 e. The van der Waals surface area contributed by atoms with E-state index in [0.717, 1.165) is 6.92 Å². The number of sulfonamides is 1. The van der Waals surface area contributed by atoms with Crippen molar-refractivity contribution >= 4 is 49.3 Å². The Kier molecular flexibility index (Phi) is 11.1. The summed E-state index contributed by atoms with van der Waals surface area (Å²) >= 11 is 16.2. The fraction of sp³-hybridized carbons (Fsp3) is 1.00. The van der Waals surface area contributed by atoms with Gasteiger partial charge in [-0.3, -0.25) is 0 Å². The van der Waals surface area contributed by atoms with Crippen LogP contribution in [0.4, 0.5) is 74.6 Å². The quantitative estimate of drug-likeness (QED) is 0.104. The number of alkyl halides is 17. The van der Waals surface area contributed by atoms with Gasteiger partial charge < -0.3 is 0 Å². The van der Waals surface area contributed by atoms with E-state index in [4.69, 9.17) is 33.2 Å². The van der Waals surface area contributed by atoms with Crippen molar-refractivity contribution in [2.24, 2.45) is 0 Å². The first kappa shape index (κ1) is 38.8. The van der Waals surface area contributed by atoms with E-state index in [1.165, 1.54) is 0 Å². The lowest BCUT2D eigenvalue weighted by Gasteiger charge is -2.43. The maximum Gasteiger partial charge on any atom is 0.460 e. The lowest BCUT2D eigenvalue weighted by atomic mass is 9.91. The molecule has 39 heavy (non-hydrogen) atoms. The first-order valence-electron chi connectivity index (χ1n) is 9.44. The van der Waals surface area contributed by atoms with Gasteiger partial charge in [0.2, 0.25) is 0 Å². The first-order valence-corrected chi connectivity index (χ1v) is 16.1. The minimum Gasteiger partial charge on any atom is -0.206 e. The summed E-state index contributed by atoms with van der Waals surface area (Å²) in [5.41, 5.74) is 0. The Labute approximate surface area is 222 Å². The zero-order valence-electron chi connectivity index (χ0n) is 18.3. The van der Waals surface area contributed by atoms with Crippen molar-refractivity contribution in [3.05, 3.63) is 0 Å². The van der Waals surface area contributed by atoms with Gasteiger partial charge in [0.25, 0.3) is 10.0 Å². The molecule has 0 aliphatic carbocycles. The second-order valence-electron chi connectivity index (χ2n) is 7.58. The van der Waals surface area contributed by atoms with Gasteiger partial charge in [0.1, 0.15) is 0 Å². The van der Waals surface area contributed by atoms with Gasteiger partial charge in [-0.15, -0.1) is 33.2 Å².